The molecule has 1 N–H and O–H groups in total. The first-order valence-electron chi connectivity index (χ1n) is 14.9. The molecule has 3 aliphatic rings. The highest BCUT2D eigenvalue weighted by Crippen LogP contribution is 2.29. The third-order valence-corrected chi connectivity index (χ3v) is 10.8. The van der Waals surface area contributed by atoms with Gasteiger partial charge in [0.25, 0.3) is 0 Å². The van der Waals surface area contributed by atoms with Crippen molar-refractivity contribution in [1.29, 1.82) is 0 Å². The van der Waals surface area contributed by atoms with Crippen LogP contribution in [0.15, 0.2) is 17.0 Å². The largest absolute Gasteiger partial charge is 0.497 e. The third-order valence-electron chi connectivity index (χ3n) is 9.06. The van der Waals surface area contributed by atoms with Gasteiger partial charge in [-0.2, -0.15) is 0 Å². The Bertz CT molecular complexity index is 912. The van der Waals surface area contributed by atoms with Crippen molar-refractivity contribution in [2.75, 3.05) is 53.4 Å². The van der Waals surface area contributed by atoms with Gasteiger partial charge in [0.1, 0.15) is 16.7 Å². The second-order valence-corrected chi connectivity index (χ2v) is 13.4. The molecule has 7 nitrogen and oxygen atoms in total. The van der Waals surface area contributed by atoms with Crippen LogP contribution >= 0.6 is 0 Å². The molecule has 1 aromatic carbocycles. The van der Waals surface area contributed by atoms with Crippen molar-refractivity contribution in [3.05, 3.63) is 23.3 Å². The van der Waals surface area contributed by atoms with Crippen LogP contribution in [-0.2, 0) is 15.8 Å². The summed E-state index contributed by atoms with van der Waals surface area (Å²) in [7, 11) is 2.16. The summed E-state index contributed by atoms with van der Waals surface area (Å²) in [5.74, 6) is 1.75. The summed E-state index contributed by atoms with van der Waals surface area (Å²) in [4.78, 5) is 18.9. The van der Waals surface area contributed by atoms with Crippen LogP contribution < -0.4 is 10.1 Å². The molecule has 2 saturated heterocycles. The average molecular weight is 547 g/mol. The zero-order chi connectivity index (χ0) is 27.1. The Morgan fingerprint density at radius 1 is 1.03 bits per heavy atom. The highest BCUT2D eigenvalue weighted by atomic mass is 32.2. The second-order valence-electron chi connectivity index (χ2n) is 11.8. The maximum atomic E-state index is 13.1. The molecule has 3 fully saturated rings. The molecular weight excluding hydrogens is 496 g/mol. The lowest BCUT2D eigenvalue weighted by Gasteiger charge is -2.41. The van der Waals surface area contributed by atoms with Gasteiger partial charge in [-0.25, -0.2) is 8.51 Å². The number of nitrogens with one attached hydrogen (secondary N) is 1. The second kappa shape index (κ2) is 14.2. The third kappa shape index (κ3) is 8.03. The quantitative estimate of drug-likeness (QED) is 0.449. The van der Waals surface area contributed by atoms with Gasteiger partial charge < -0.3 is 19.9 Å². The van der Waals surface area contributed by atoms with Crippen molar-refractivity contribution in [2.24, 2.45) is 5.92 Å². The molecule has 1 unspecified atom stereocenters. The first-order valence-corrected chi connectivity index (χ1v) is 16.0. The van der Waals surface area contributed by atoms with Gasteiger partial charge >= 0.3 is 0 Å². The number of carbonyl (C=O) groups excluding carboxylic acids is 1. The summed E-state index contributed by atoms with van der Waals surface area (Å²) in [5, 5.41) is 3.26. The van der Waals surface area contributed by atoms with Gasteiger partial charge in [0.05, 0.1) is 12.0 Å². The average Bonchev–Trinajstić information content (AvgIpc) is 3.44. The van der Waals surface area contributed by atoms with Gasteiger partial charge in [-0.3, -0.25) is 4.79 Å². The zero-order valence-electron chi connectivity index (χ0n) is 24.2. The topological polar surface area (TPSA) is 65.1 Å². The van der Waals surface area contributed by atoms with Crippen LogP contribution in [0, 0.1) is 19.8 Å². The molecule has 1 amide bonds. The van der Waals surface area contributed by atoms with Crippen LogP contribution in [-0.4, -0.2) is 89.7 Å². The standard InChI is InChI=1S/C30H50N4O3S/c1-23-21-28(37-4)22-24(2)30(23)38(36)32(3)17-14-29(35)31-26-7-9-27(10-8-26)34-19-12-25(13-20-34)11-18-33-15-5-6-16-33/h21-22,25-27H,5-20H2,1-4H3,(H,31,35). The molecule has 214 valence electrons. The monoisotopic (exact) mass is 546 g/mol. The molecule has 2 aliphatic heterocycles. The van der Waals surface area contributed by atoms with E-state index in [1.54, 1.807) is 11.4 Å². The van der Waals surface area contributed by atoms with Crippen LogP contribution in [0.5, 0.6) is 5.75 Å². The minimum Gasteiger partial charge on any atom is -0.497 e. The number of ether oxygens (including phenoxy) is 1. The Morgan fingerprint density at radius 2 is 1.66 bits per heavy atom. The van der Waals surface area contributed by atoms with E-state index in [1.807, 2.05) is 33.0 Å². The van der Waals surface area contributed by atoms with E-state index in [1.165, 1.54) is 77.7 Å². The SMILES string of the molecule is COc1cc(C)c(S(=O)N(C)CCC(=O)NC2CCC(N3CCC(CCN4CCCC4)CC3)CC2)c(C)c1. The first kappa shape index (κ1) is 29.5. The summed E-state index contributed by atoms with van der Waals surface area (Å²) in [6.45, 7) is 10.8. The fourth-order valence-electron chi connectivity index (χ4n) is 6.66. The van der Waals surface area contributed by atoms with E-state index in [2.05, 4.69) is 15.1 Å². The molecule has 0 radical (unpaired) electrons. The van der Waals surface area contributed by atoms with Gasteiger partial charge in [0.2, 0.25) is 5.91 Å². The summed E-state index contributed by atoms with van der Waals surface area (Å²) >= 11 is 0. The van der Waals surface area contributed by atoms with Crippen molar-refractivity contribution in [2.45, 2.75) is 95.0 Å². The molecule has 1 saturated carbocycles. The van der Waals surface area contributed by atoms with E-state index >= 15 is 0 Å². The Labute approximate surface area is 233 Å². The molecule has 0 bridgehead atoms. The smallest absolute Gasteiger partial charge is 0.221 e. The molecule has 1 aromatic rings. The predicted octanol–water partition coefficient (Wildman–Crippen LogP) is 4.28. The number of likely N-dealkylation sites (tertiary alicyclic amines) is 2. The number of amides is 1. The maximum absolute atomic E-state index is 13.1. The lowest BCUT2D eigenvalue weighted by Crippen LogP contribution is -2.47. The fraction of sp³-hybridized carbons (Fsp3) is 0.767. The van der Waals surface area contributed by atoms with Crippen LogP contribution in [0.4, 0.5) is 0 Å². The number of piperidine rings is 1. The molecule has 38 heavy (non-hydrogen) atoms. The van der Waals surface area contributed by atoms with Crippen molar-refractivity contribution in [1.82, 2.24) is 19.4 Å². The van der Waals surface area contributed by atoms with Crippen LogP contribution in [0.2, 0.25) is 0 Å². The highest BCUT2D eigenvalue weighted by molar-refractivity contribution is 7.82. The van der Waals surface area contributed by atoms with Crippen molar-refractivity contribution >= 4 is 16.9 Å². The fourth-order valence-corrected chi connectivity index (χ4v) is 7.90. The Balaban J connectivity index is 1.12. The van der Waals surface area contributed by atoms with Crippen molar-refractivity contribution in [3.63, 3.8) is 0 Å². The van der Waals surface area contributed by atoms with E-state index < -0.39 is 11.0 Å². The van der Waals surface area contributed by atoms with Gasteiger partial charge in [-0.15, -0.1) is 0 Å². The normalized spacial score (nSPS) is 24.6. The molecule has 2 heterocycles. The van der Waals surface area contributed by atoms with E-state index in [9.17, 15) is 9.00 Å². The van der Waals surface area contributed by atoms with Gasteiger partial charge in [0, 0.05) is 32.1 Å². The van der Waals surface area contributed by atoms with Crippen molar-refractivity contribution in [3.8, 4) is 5.75 Å². The summed E-state index contributed by atoms with van der Waals surface area (Å²) < 4.78 is 20.2. The Hall–Kier alpha value is -1.48. The van der Waals surface area contributed by atoms with E-state index in [-0.39, 0.29) is 11.9 Å². The number of rotatable bonds is 11. The van der Waals surface area contributed by atoms with E-state index in [4.69, 9.17) is 4.74 Å². The number of hydrogen-bond donors (Lipinski definition) is 1. The van der Waals surface area contributed by atoms with Gasteiger partial charge in [-0.05, 0) is 134 Å². The minimum absolute atomic E-state index is 0.0688. The summed E-state index contributed by atoms with van der Waals surface area (Å²) in [6.07, 6.45) is 11.7. The molecule has 4 rings (SSSR count). The summed E-state index contributed by atoms with van der Waals surface area (Å²) in [5.41, 5.74) is 1.89. The predicted molar refractivity (Wildman–Crippen MR) is 155 cm³/mol. The number of benzene rings is 1. The lowest BCUT2D eigenvalue weighted by molar-refractivity contribution is -0.122. The first-order chi connectivity index (χ1) is 18.3. The number of methoxy groups -OCH3 is 1. The molecule has 0 spiro atoms. The molecule has 1 aliphatic carbocycles. The van der Waals surface area contributed by atoms with E-state index in [0.29, 0.717) is 19.0 Å². The Kier molecular flexibility index (Phi) is 11.1. The number of nitrogens with zero attached hydrogens (tertiary/aromatic N) is 3. The number of hydrogen-bond acceptors (Lipinski definition) is 5. The lowest BCUT2D eigenvalue weighted by atomic mass is 9.87. The van der Waals surface area contributed by atoms with Crippen molar-refractivity contribution < 1.29 is 13.7 Å². The van der Waals surface area contributed by atoms with Gasteiger partial charge in [-0.1, -0.05) is 0 Å². The minimum atomic E-state index is -1.31. The zero-order valence-corrected chi connectivity index (χ0v) is 25.0. The number of carbonyl (C=O) groups is 1. The molecule has 0 aromatic heterocycles. The number of aryl methyl sites for hydroxylation is 2. The maximum Gasteiger partial charge on any atom is 0.221 e. The van der Waals surface area contributed by atoms with Crippen LogP contribution in [0.25, 0.3) is 0 Å². The van der Waals surface area contributed by atoms with E-state index in [0.717, 1.165) is 40.5 Å². The Morgan fingerprint density at radius 3 is 2.26 bits per heavy atom. The van der Waals surface area contributed by atoms with Crippen LogP contribution in [0.3, 0.4) is 0 Å². The molecular formula is C30H50N4O3S. The highest BCUT2D eigenvalue weighted by Gasteiger charge is 2.30. The van der Waals surface area contributed by atoms with Gasteiger partial charge in [0.15, 0.2) is 0 Å². The summed E-state index contributed by atoms with van der Waals surface area (Å²) in [6, 6.07) is 4.79. The molecule has 8 heteroatoms. The van der Waals surface area contributed by atoms with Crippen LogP contribution in [0.1, 0.15) is 75.3 Å². The molecule has 1 atom stereocenters.